The zero-order chi connectivity index (χ0) is 22.5. The van der Waals surface area contributed by atoms with Crippen LogP contribution in [0.15, 0.2) is 0 Å². The van der Waals surface area contributed by atoms with Gasteiger partial charge in [-0.2, -0.15) is 0 Å². The molecule has 0 radical (unpaired) electrons. The first-order chi connectivity index (χ1) is 14.5. The van der Waals surface area contributed by atoms with Gasteiger partial charge in [-0.3, -0.25) is 9.59 Å². The van der Waals surface area contributed by atoms with Gasteiger partial charge in [-0.05, 0) is 19.3 Å². The normalized spacial score (nSPS) is 13.1. The third-order valence-electron chi connectivity index (χ3n) is 4.15. The van der Waals surface area contributed by atoms with Crippen molar-refractivity contribution in [3.05, 3.63) is 0 Å². The van der Waals surface area contributed by atoms with Gasteiger partial charge in [0.2, 0.25) is 0 Å². The molecule has 0 spiro atoms. The maximum atomic E-state index is 11.9. The summed E-state index contributed by atoms with van der Waals surface area (Å²) in [6.07, 6.45) is 4.54. The molecule has 1 N–H and O–H groups in total. The van der Waals surface area contributed by atoms with Gasteiger partial charge in [0.15, 0.2) is 0 Å². The third-order valence-corrected chi connectivity index (χ3v) is 4.15. The predicted octanol–water partition coefficient (Wildman–Crippen LogP) is 3.03. The molecule has 30 heavy (non-hydrogen) atoms. The van der Waals surface area contributed by atoms with Crippen LogP contribution in [0.1, 0.15) is 72.1 Å². The quantitative estimate of drug-likeness (QED) is 0.217. The van der Waals surface area contributed by atoms with Crippen molar-refractivity contribution in [2.24, 2.45) is 0 Å². The average Bonchev–Trinajstić information content (AvgIpc) is 2.74. The maximum absolute atomic E-state index is 11.9. The number of aliphatic hydroxyl groups excluding tert-OH is 1. The van der Waals surface area contributed by atoms with Crippen LogP contribution in [0.2, 0.25) is 0 Å². The first kappa shape index (κ1) is 28.8. The number of hydrogen-bond acceptors (Lipinski definition) is 8. The Morgan fingerprint density at radius 1 is 0.700 bits per heavy atom. The maximum Gasteiger partial charge on any atom is 0.306 e. The van der Waals surface area contributed by atoms with Gasteiger partial charge in [0.05, 0.1) is 26.1 Å². The molecule has 0 aliphatic heterocycles. The molecule has 0 saturated heterocycles. The molecule has 8 heteroatoms. The van der Waals surface area contributed by atoms with Gasteiger partial charge in [0, 0.05) is 19.8 Å². The van der Waals surface area contributed by atoms with Crippen molar-refractivity contribution in [1.82, 2.24) is 0 Å². The Balaban J connectivity index is 3.98. The molecule has 0 aromatic carbocycles. The average molecular weight is 435 g/mol. The Hall–Kier alpha value is -1.22. The van der Waals surface area contributed by atoms with E-state index in [4.69, 9.17) is 23.7 Å². The van der Waals surface area contributed by atoms with Crippen LogP contribution < -0.4 is 0 Å². The summed E-state index contributed by atoms with van der Waals surface area (Å²) in [6, 6.07) is 0. The Kier molecular flexibility index (Phi) is 20.2. The minimum absolute atomic E-state index is 0.0830. The molecule has 0 aliphatic carbocycles. The second-order valence-corrected chi connectivity index (χ2v) is 7.22. The van der Waals surface area contributed by atoms with Gasteiger partial charge >= 0.3 is 11.9 Å². The molecule has 2 unspecified atom stereocenters. The number of unbranched alkanes of at least 4 members (excludes halogenated alkanes) is 3. The van der Waals surface area contributed by atoms with Crippen LogP contribution in [0.3, 0.4) is 0 Å². The van der Waals surface area contributed by atoms with Crippen LogP contribution in [0.25, 0.3) is 0 Å². The summed E-state index contributed by atoms with van der Waals surface area (Å²) in [5.74, 6) is -1.05. The molecular weight excluding hydrogens is 392 g/mol. The summed E-state index contributed by atoms with van der Waals surface area (Å²) in [5.41, 5.74) is 0. The van der Waals surface area contributed by atoms with E-state index >= 15 is 0 Å². The molecule has 0 aliphatic rings. The zero-order valence-electron chi connectivity index (χ0n) is 19.1. The van der Waals surface area contributed by atoms with Crippen LogP contribution in [0.5, 0.6) is 0 Å². The number of esters is 2. The summed E-state index contributed by atoms with van der Waals surface area (Å²) in [6.45, 7) is 8.47. The lowest BCUT2D eigenvalue weighted by Crippen LogP contribution is -2.28. The number of hydrogen-bond donors (Lipinski definition) is 1. The van der Waals surface area contributed by atoms with Gasteiger partial charge in [-0.15, -0.1) is 0 Å². The zero-order valence-corrected chi connectivity index (χ0v) is 19.1. The highest BCUT2D eigenvalue weighted by Crippen LogP contribution is 2.03. The monoisotopic (exact) mass is 434 g/mol. The van der Waals surface area contributed by atoms with E-state index in [0.29, 0.717) is 26.4 Å². The van der Waals surface area contributed by atoms with E-state index in [1.165, 1.54) is 0 Å². The minimum atomic E-state index is -0.869. The first-order valence-corrected chi connectivity index (χ1v) is 11.3. The lowest BCUT2D eigenvalue weighted by Gasteiger charge is -2.18. The molecule has 0 fully saturated rings. The van der Waals surface area contributed by atoms with Crippen LogP contribution in [0.4, 0.5) is 0 Å². The fraction of sp³-hybridized carbons (Fsp3) is 0.909. The Labute approximate surface area is 181 Å². The van der Waals surface area contributed by atoms with Crippen molar-refractivity contribution in [3.8, 4) is 0 Å². The van der Waals surface area contributed by atoms with Gasteiger partial charge in [-0.1, -0.05) is 40.0 Å². The summed E-state index contributed by atoms with van der Waals surface area (Å²) in [5, 5.41) is 9.69. The molecule has 178 valence electrons. The molecule has 0 bridgehead atoms. The second kappa shape index (κ2) is 21.0. The molecule has 0 saturated carbocycles. The molecule has 0 heterocycles. The standard InChI is InChI=1S/C22H42O8/c1-4-7-12-26-15-19(23)16-29-21(24)10-11-22(25)30-18-20(28-14-9-6-3)17-27-13-8-5-2/h19-20,23H,4-18H2,1-3H3. The van der Waals surface area contributed by atoms with E-state index in [2.05, 4.69) is 13.8 Å². The lowest BCUT2D eigenvalue weighted by molar-refractivity contribution is -0.155. The van der Waals surface area contributed by atoms with E-state index < -0.39 is 18.0 Å². The van der Waals surface area contributed by atoms with Crippen LogP contribution in [0, 0.1) is 0 Å². The van der Waals surface area contributed by atoms with Crippen LogP contribution >= 0.6 is 0 Å². The molecular formula is C22H42O8. The molecule has 2 atom stereocenters. The molecule has 0 aromatic rings. The van der Waals surface area contributed by atoms with Crippen molar-refractivity contribution in [2.75, 3.05) is 46.2 Å². The fourth-order valence-corrected chi connectivity index (χ4v) is 2.24. The molecule has 8 nitrogen and oxygen atoms in total. The first-order valence-electron chi connectivity index (χ1n) is 11.3. The molecule has 0 amide bonds. The second-order valence-electron chi connectivity index (χ2n) is 7.22. The summed E-state index contributed by atoms with van der Waals surface area (Å²) in [7, 11) is 0. The van der Waals surface area contributed by atoms with E-state index in [9.17, 15) is 14.7 Å². The highest BCUT2D eigenvalue weighted by atomic mass is 16.6. The predicted molar refractivity (Wildman–Crippen MR) is 113 cm³/mol. The van der Waals surface area contributed by atoms with E-state index in [-0.39, 0.29) is 38.8 Å². The van der Waals surface area contributed by atoms with Gasteiger partial charge in [0.1, 0.15) is 25.4 Å². The lowest BCUT2D eigenvalue weighted by atomic mass is 10.3. The largest absolute Gasteiger partial charge is 0.463 e. The highest BCUT2D eigenvalue weighted by molar-refractivity contribution is 5.77. The number of aliphatic hydroxyl groups is 1. The molecule has 0 rings (SSSR count). The van der Waals surface area contributed by atoms with E-state index in [0.717, 1.165) is 38.5 Å². The number of ether oxygens (including phenoxy) is 5. The number of rotatable bonds is 21. The van der Waals surface area contributed by atoms with Gasteiger partial charge in [-0.25, -0.2) is 0 Å². The van der Waals surface area contributed by atoms with Gasteiger partial charge < -0.3 is 28.8 Å². The van der Waals surface area contributed by atoms with E-state index in [1.54, 1.807) is 0 Å². The third kappa shape index (κ3) is 18.8. The minimum Gasteiger partial charge on any atom is -0.463 e. The smallest absolute Gasteiger partial charge is 0.306 e. The Bertz CT molecular complexity index is 416. The Morgan fingerprint density at radius 3 is 1.77 bits per heavy atom. The van der Waals surface area contributed by atoms with Crippen molar-refractivity contribution < 1.29 is 38.4 Å². The number of carbonyl (C=O) groups is 2. The van der Waals surface area contributed by atoms with Crippen molar-refractivity contribution in [2.45, 2.75) is 84.3 Å². The van der Waals surface area contributed by atoms with Gasteiger partial charge in [0.25, 0.3) is 0 Å². The van der Waals surface area contributed by atoms with Crippen molar-refractivity contribution >= 4 is 11.9 Å². The summed E-state index contributed by atoms with van der Waals surface area (Å²) < 4.78 is 26.7. The van der Waals surface area contributed by atoms with Crippen LogP contribution in [-0.2, 0) is 33.3 Å². The van der Waals surface area contributed by atoms with Crippen molar-refractivity contribution in [1.29, 1.82) is 0 Å². The van der Waals surface area contributed by atoms with Crippen molar-refractivity contribution in [3.63, 3.8) is 0 Å². The topological polar surface area (TPSA) is 101 Å². The van der Waals surface area contributed by atoms with E-state index in [1.807, 2.05) is 6.92 Å². The highest BCUT2D eigenvalue weighted by Gasteiger charge is 2.15. The molecule has 0 aromatic heterocycles. The summed E-state index contributed by atoms with van der Waals surface area (Å²) >= 11 is 0. The number of carbonyl (C=O) groups excluding carboxylic acids is 2. The fourth-order valence-electron chi connectivity index (χ4n) is 2.24. The summed E-state index contributed by atoms with van der Waals surface area (Å²) in [4.78, 5) is 23.6. The SMILES string of the molecule is CCCCOCC(O)COC(=O)CCC(=O)OCC(COCCCC)OCCCC. The Morgan fingerprint density at radius 2 is 1.20 bits per heavy atom. The van der Waals surface area contributed by atoms with Crippen LogP contribution in [-0.4, -0.2) is 75.5 Å².